The van der Waals surface area contributed by atoms with Gasteiger partial charge in [0.05, 0.1) is 18.0 Å². The molecule has 0 N–H and O–H groups in total. The Kier molecular flexibility index (Phi) is 4.28. The maximum Gasteiger partial charge on any atom is 0.0842 e. The molecule has 4 heteroatoms. The van der Waals surface area contributed by atoms with E-state index in [9.17, 15) is 8.76 Å². The Labute approximate surface area is 45.2 Å². The van der Waals surface area contributed by atoms with Gasteiger partial charge in [-0.05, 0) is 6.42 Å². The van der Waals surface area contributed by atoms with Crippen molar-refractivity contribution in [1.82, 2.24) is 0 Å². The molecule has 0 aliphatic carbocycles. The van der Waals surface area contributed by atoms with Crippen molar-refractivity contribution in [2.24, 2.45) is 0 Å². The standard InChI is InChI=1S/C3H8O3S/c1-2-3-6-7(4)5/h2-3H2,1H3,(H,4,5)/p-1. The van der Waals surface area contributed by atoms with Gasteiger partial charge in [-0.25, -0.2) is 4.21 Å². The lowest BCUT2D eigenvalue weighted by molar-refractivity contribution is 0.300. The number of hydrogen-bond acceptors (Lipinski definition) is 3. The second-order valence-electron chi connectivity index (χ2n) is 1.03. The van der Waals surface area contributed by atoms with Crippen molar-refractivity contribution in [3.63, 3.8) is 0 Å². The van der Waals surface area contributed by atoms with Crippen LogP contribution in [0.25, 0.3) is 0 Å². The van der Waals surface area contributed by atoms with E-state index in [1.165, 1.54) is 0 Å². The normalized spacial score (nSPS) is 14.0. The quantitative estimate of drug-likeness (QED) is 0.504. The molecule has 44 valence electrons. The Balaban J connectivity index is 2.82. The van der Waals surface area contributed by atoms with E-state index in [0.717, 1.165) is 6.42 Å². The van der Waals surface area contributed by atoms with Crippen LogP contribution in [0.1, 0.15) is 13.3 Å². The van der Waals surface area contributed by atoms with Gasteiger partial charge in [-0.1, -0.05) is 6.92 Å². The Morgan fingerprint density at radius 2 is 2.43 bits per heavy atom. The summed E-state index contributed by atoms with van der Waals surface area (Å²) < 4.78 is 23.2. The first-order valence-corrected chi connectivity index (χ1v) is 3.00. The molecule has 0 heterocycles. The highest BCUT2D eigenvalue weighted by Crippen LogP contribution is 1.80. The molecule has 0 fully saturated rings. The molecule has 0 amide bonds. The van der Waals surface area contributed by atoms with E-state index in [4.69, 9.17) is 0 Å². The second-order valence-corrected chi connectivity index (χ2v) is 1.67. The Bertz CT molecular complexity index is 63.2. The van der Waals surface area contributed by atoms with Crippen molar-refractivity contribution >= 4 is 11.4 Å². The molecule has 0 aliphatic rings. The van der Waals surface area contributed by atoms with Gasteiger partial charge in [0.2, 0.25) is 0 Å². The van der Waals surface area contributed by atoms with Crippen LogP contribution in [0.5, 0.6) is 0 Å². The minimum absolute atomic E-state index is 0.288. The first-order chi connectivity index (χ1) is 3.27. The minimum Gasteiger partial charge on any atom is -0.750 e. The third kappa shape index (κ3) is 6.07. The average molecular weight is 123 g/mol. The molecule has 3 nitrogen and oxygen atoms in total. The molecule has 7 heavy (non-hydrogen) atoms. The molecule has 0 aromatic carbocycles. The molecule has 0 saturated carbocycles. The van der Waals surface area contributed by atoms with Gasteiger partial charge in [0.25, 0.3) is 0 Å². The van der Waals surface area contributed by atoms with E-state index in [2.05, 4.69) is 4.18 Å². The fourth-order valence-electron chi connectivity index (χ4n) is 0.151. The van der Waals surface area contributed by atoms with Gasteiger partial charge < -0.3 is 8.74 Å². The summed E-state index contributed by atoms with van der Waals surface area (Å²) >= 11 is -2.32. The first kappa shape index (κ1) is 7.07. The third-order valence-electron chi connectivity index (χ3n) is 0.384. The predicted molar refractivity (Wildman–Crippen MR) is 25.2 cm³/mol. The Morgan fingerprint density at radius 1 is 1.86 bits per heavy atom. The Morgan fingerprint density at radius 3 is 2.57 bits per heavy atom. The van der Waals surface area contributed by atoms with Gasteiger partial charge in [0.1, 0.15) is 0 Å². The summed E-state index contributed by atoms with van der Waals surface area (Å²) in [4.78, 5) is 0. The van der Waals surface area contributed by atoms with E-state index in [0.29, 0.717) is 0 Å². The van der Waals surface area contributed by atoms with E-state index in [-0.39, 0.29) is 6.61 Å². The third-order valence-corrected chi connectivity index (χ3v) is 0.743. The summed E-state index contributed by atoms with van der Waals surface area (Å²) in [6.45, 7) is 2.13. The molecule has 0 radical (unpaired) electrons. The monoisotopic (exact) mass is 123 g/mol. The van der Waals surface area contributed by atoms with Gasteiger partial charge in [-0.3, -0.25) is 0 Å². The SMILES string of the molecule is CCCOS(=O)[O-]. The lowest BCUT2D eigenvalue weighted by atomic mass is 10.5. The largest absolute Gasteiger partial charge is 0.750 e. The van der Waals surface area contributed by atoms with Crippen molar-refractivity contribution in [3.05, 3.63) is 0 Å². The molecule has 0 spiro atoms. The lowest BCUT2D eigenvalue weighted by Gasteiger charge is -2.01. The predicted octanol–water partition coefficient (Wildman–Crippen LogP) is 0.207. The first-order valence-electron chi connectivity index (χ1n) is 2.00. The van der Waals surface area contributed by atoms with Crippen molar-refractivity contribution in [2.75, 3.05) is 6.61 Å². The maximum absolute atomic E-state index is 9.54. The summed E-state index contributed by atoms with van der Waals surface area (Å²) in [5.74, 6) is 0. The zero-order valence-corrected chi connectivity index (χ0v) is 4.86. The summed E-state index contributed by atoms with van der Waals surface area (Å²) in [6.07, 6.45) is 0.730. The number of rotatable bonds is 3. The van der Waals surface area contributed by atoms with Gasteiger partial charge in [-0.2, -0.15) is 0 Å². The van der Waals surface area contributed by atoms with Crippen LogP contribution in [0.2, 0.25) is 0 Å². The summed E-state index contributed by atoms with van der Waals surface area (Å²) in [7, 11) is 0. The summed E-state index contributed by atoms with van der Waals surface area (Å²) in [5.41, 5.74) is 0. The molecule has 0 bridgehead atoms. The highest BCUT2D eigenvalue weighted by Gasteiger charge is 1.77. The van der Waals surface area contributed by atoms with Crippen molar-refractivity contribution < 1.29 is 12.9 Å². The van der Waals surface area contributed by atoms with Gasteiger partial charge in [0, 0.05) is 0 Å². The van der Waals surface area contributed by atoms with E-state index in [1.807, 2.05) is 6.92 Å². The van der Waals surface area contributed by atoms with Crippen molar-refractivity contribution in [2.45, 2.75) is 13.3 Å². The summed E-state index contributed by atoms with van der Waals surface area (Å²) in [6, 6.07) is 0. The lowest BCUT2D eigenvalue weighted by Crippen LogP contribution is -1.95. The molecule has 0 aromatic rings. The maximum atomic E-state index is 9.54. The molecule has 1 unspecified atom stereocenters. The van der Waals surface area contributed by atoms with Gasteiger partial charge in [-0.15, -0.1) is 0 Å². The van der Waals surface area contributed by atoms with E-state index < -0.39 is 11.4 Å². The molecule has 0 rings (SSSR count). The van der Waals surface area contributed by atoms with Crippen LogP contribution in [0.15, 0.2) is 0 Å². The van der Waals surface area contributed by atoms with Crippen LogP contribution in [-0.4, -0.2) is 15.4 Å². The zero-order chi connectivity index (χ0) is 5.70. The van der Waals surface area contributed by atoms with Crippen molar-refractivity contribution in [1.29, 1.82) is 0 Å². The average Bonchev–Trinajstić information content (AvgIpc) is 1.61. The van der Waals surface area contributed by atoms with Crippen LogP contribution < -0.4 is 0 Å². The van der Waals surface area contributed by atoms with Crippen LogP contribution in [0.3, 0.4) is 0 Å². The molecule has 0 saturated heterocycles. The molecule has 1 atom stereocenters. The van der Waals surface area contributed by atoms with E-state index in [1.54, 1.807) is 0 Å². The molecular weight excluding hydrogens is 116 g/mol. The van der Waals surface area contributed by atoms with E-state index >= 15 is 0 Å². The smallest absolute Gasteiger partial charge is 0.0842 e. The molecular formula is C3H7O3S-. The number of hydrogen-bond donors (Lipinski definition) is 0. The van der Waals surface area contributed by atoms with Gasteiger partial charge in [0.15, 0.2) is 0 Å². The van der Waals surface area contributed by atoms with Crippen molar-refractivity contribution in [3.8, 4) is 0 Å². The topological polar surface area (TPSA) is 49.4 Å². The highest BCUT2D eigenvalue weighted by molar-refractivity contribution is 7.74. The Hall–Kier alpha value is 0.0700. The van der Waals surface area contributed by atoms with Gasteiger partial charge >= 0.3 is 0 Å². The second kappa shape index (κ2) is 4.23. The summed E-state index contributed by atoms with van der Waals surface area (Å²) in [5, 5.41) is 0. The van der Waals surface area contributed by atoms with Crippen LogP contribution in [0.4, 0.5) is 0 Å². The highest BCUT2D eigenvalue weighted by atomic mass is 32.2. The van der Waals surface area contributed by atoms with Crippen LogP contribution in [-0.2, 0) is 15.5 Å². The minimum atomic E-state index is -2.32. The molecule has 0 aromatic heterocycles. The molecule has 0 aliphatic heterocycles. The van der Waals surface area contributed by atoms with Crippen LogP contribution in [0, 0.1) is 0 Å². The van der Waals surface area contributed by atoms with Crippen LogP contribution >= 0.6 is 0 Å². The fraction of sp³-hybridized carbons (Fsp3) is 1.00. The zero-order valence-electron chi connectivity index (χ0n) is 4.05. The fourth-order valence-corrected chi connectivity index (χ4v) is 0.454.